The highest BCUT2D eigenvalue weighted by Crippen LogP contribution is 2.33. The van der Waals surface area contributed by atoms with E-state index in [2.05, 4.69) is 19.1 Å². The van der Waals surface area contributed by atoms with E-state index in [1.165, 1.54) is 56.2 Å². The van der Waals surface area contributed by atoms with E-state index in [1.54, 1.807) is 6.07 Å². The molecule has 3 rings (SSSR count). The van der Waals surface area contributed by atoms with Crippen LogP contribution in [-0.4, -0.2) is 0 Å². The maximum absolute atomic E-state index is 13.3. The lowest BCUT2D eigenvalue weighted by Crippen LogP contribution is -2.14. The molecule has 0 unspecified atom stereocenters. The molecule has 0 bridgehead atoms. The van der Waals surface area contributed by atoms with Crippen LogP contribution in [0.4, 0.5) is 8.78 Å². The number of aryl methyl sites for hydroxylation is 1. The molecule has 24 heavy (non-hydrogen) atoms. The fraction of sp³-hybridized carbons (Fsp3) is 0.455. The number of hydrogen-bond donors (Lipinski definition) is 0. The average Bonchev–Trinajstić information content (AvgIpc) is 2.63. The van der Waals surface area contributed by atoms with Crippen LogP contribution in [0.3, 0.4) is 0 Å². The Morgan fingerprint density at radius 2 is 1.42 bits per heavy atom. The highest BCUT2D eigenvalue weighted by molar-refractivity contribution is 5.63. The molecule has 0 amide bonds. The summed E-state index contributed by atoms with van der Waals surface area (Å²) in [5.74, 6) is 0.239. The molecule has 0 nitrogen and oxygen atoms in total. The molecule has 2 heteroatoms. The minimum atomic E-state index is -0.798. The van der Waals surface area contributed by atoms with Gasteiger partial charge in [-0.3, -0.25) is 0 Å². The SMILES string of the molecule is CCC1CCC(CCc2ccc(-c3ccc(F)c(F)c3)cc2)CC1. The normalized spacial score (nSPS) is 21.0. The lowest BCUT2D eigenvalue weighted by atomic mass is 9.78. The molecule has 0 heterocycles. The van der Waals surface area contributed by atoms with Crippen molar-refractivity contribution in [1.82, 2.24) is 0 Å². The summed E-state index contributed by atoms with van der Waals surface area (Å²) >= 11 is 0. The molecule has 0 N–H and O–H groups in total. The Labute approximate surface area is 143 Å². The minimum absolute atomic E-state index is 0.721. The quantitative estimate of drug-likeness (QED) is 0.567. The van der Waals surface area contributed by atoms with Gasteiger partial charge in [-0.1, -0.05) is 69.4 Å². The summed E-state index contributed by atoms with van der Waals surface area (Å²) in [5.41, 5.74) is 2.98. The molecular formula is C22H26F2. The van der Waals surface area contributed by atoms with Gasteiger partial charge in [0.15, 0.2) is 11.6 Å². The van der Waals surface area contributed by atoms with Gasteiger partial charge < -0.3 is 0 Å². The van der Waals surface area contributed by atoms with Gasteiger partial charge in [0.1, 0.15) is 0 Å². The summed E-state index contributed by atoms with van der Waals surface area (Å²) in [4.78, 5) is 0. The van der Waals surface area contributed by atoms with E-state index in [0.717, 1.165) is 29.4 Å². The Balaban J connectivity index is 1.56. The Kier molecular flexibility index (Phi) is 5.65. The molecule has 0 aliphatic heterocycles. The molecule has 1 saturated carbocycles. The molecule has 1 aliphatic rings. The van der Waals surface area contributed by atoms with Gasteiger partial charge in [0, 0.05) is 0 Å². The fourth-order valence-corrected chi connectivity index (χ4v) is 3.84. The second kappa shape index (κ2) is 7.92. The van der Waals surface area contributed by atoms with Crippen LogP contribution in [0, 0.1) is 23.5 Å². The molecule has 128 valence electrons. The van der Waals surface area contributed by atoms with Crippen molar-refractivity contribution < 1.29 is 8.78 Å². The smallest absolute Gasteiger partial charge is 0.159 e. The van der Waals surface area contributed by atoms with E-state index in [9.17, 15) is 8.78 Å². The van der Waals surface area contributed by atoms with Crippen LogP contribution < -0.4 is 0 Å². The van der Waals surface area contributed by atoms with Crippen LogP contribution in [0.1, 0.15) is 51.0 Å². The third-order valence-corrected chi connectivity index (χ3v) is 5.59. The molecule has 1 aliphatic carbocycles. The third kappa shape index (κ3) is 4.23. The Morgan fingerprint density at radius 1 is 0.792 bits per heavy atom. The van der Waals surface area contributed by atoms with Crippen molar-refractivity contribution in [1.29, 1.82) is 0 Å². The van der Waals surface area contributed by atoms with Crippen molar-refractivity contribution in [3.05, 3.63) is 59.7 Å². The van der Waals surface area contributed by atoms with Crippen molar-refractivity contribution in [2.24, 2.45) is 11.8 Å². The first kappa shape index (κ1) is 17.1. The molecule has 0 atom stereocenters. The predicted octanol–water partition coefficient (Wildman–Crippen LogP) is 6.78. The van der Waals surface area contributed by atoms with Gasteiger partial charge in [-0.15, -0.1) is 0 Å². The van der Waals surface area contributed by atoms with Crippen LogP contribution in [0.2, 0.25) is 0 Å². The molecule has 0 spiro atoms. The zero-order chi connectivity index (χ0) is 16.9. The van der Waals surface area contributed by atoms with Crippen LogP contribution in [0.5, 0.6) is 0 Å². The van der Waals surface area contributed by atoms with Crippen molar-refractivity contribution in [2.45, 2.75) is 51.9 Å². The standard InChI is InChI=1S/C22H26F2/c1-2-16-3-5-17(6-4-16)7-8-18-9-11-19(12-10-18)20-13-14-21(23)22(24)15-20/h9-17H,2-8H2,1H3. The van der Waals surface area contributed by atoms with Crippen LogP contribution in [-0.2, 0) is 6.42 Å². The molecule has 2 aromatic carbocycles. The van der Waals surface area contributed by atoms with Crippen molar-refractivity contribution in [3.8, 4) is 11.1 Å². The van der Waals surface area contributed by atoms with Crippen molar-refractivity contribution >= 4 is 0 Å². The third-order valence-electron chi connectivity index (χ3n) is 5.59. The first-order chi connectivity index (χ1) is 11.7. The number of halogens is 2. The van der Waals surface area contributed by atoms with Gasteiger partial charge in [-0.25, -0.2) is 8.78 Å². The van der Waals surface area contributed by atoms with E-state index < -0.39 is 11.6 Å². The molecule has 1 fully saturated rings. The van der Waals surface area contributed by atoms with Crippen LogP contribution >= 0.6 is 0 Å². The average molecular weight is 328 g/mol. The molecule has 0 saturated heterocycles. The highest BCUT2D eigenvalue weighted by Gasteiger charge is 2.19. The summed E-state index contributed by atoms with van der Waals surface area (Å²) in [7, 11) is 0. The molecule has 0 radical (unpaired) electrons. The minimum Gasteiger partial charge on any atom is -0.204 e. The summed E-state index contributed by atoms with van der Waals surface area (Å²) in [6.45, 7) is 2.31. The highest BCUT2D eigenvalue weighted by atomic mass is 19.2. The largest absolute Gasteiger partial charge is 0.204 e. The molecule has 0 aromatic heterocycles. The first-order valence-electron chi connectivity index (χ1n) is 9.20. The van der Waals surface area contributed by atoms with E-state index >= 15 is 0 Å². The van der Waals surface area contributed by atoms with Crippen molar-refractivity contribution in [3.63, 3.8) is 0 Å². The Bertz CT molecular complexity index is 652. The Morgan fingerprint density at radius 3 is 2.04 bits per heavy atom. The van der Waals surface area contributed by atoms with Crippen molar-refractivity contribution in [2.75, 3.05) is 0 Å². The first-order valence-corrected chi connectivity index (χ1v) is 9.20. The zero-order valence-electron chi connectivity index (χ0n) is 14.4. The number of rotatable bonds is 5. The van der Waals surface area contributed by atoms with E-state index in [4.69, 9.17) is 0 Å². The van der Waals surface area contributed by atoms with Gasteiger partial charge in [0.05, 0.1) is 0 Å². The maximum Gasteiger partial charge on any atom is 0.159 e. The van der Waals surface area contributed by atoms with Gasteiger partial charge in [0.2, 0.25) is 0 Å². The molecular weight excluding hydrogens is 302 g/mol. The number of hydrogen-bond acceptors (Lipinski definition) is 0. The van der Waals surface area contributed by atoms with Gasteiger partial charge in [-0.2, -0.15) is 0 Å². The van der Waals surface area contributed by atoms with Gasteiger partial charge >= 0.3 is 0 Å². The topological polar surface area (TPSA) is 0 Å². The summed E-state index contributed by atoms with van der Waals surface area (Å²) in [5, 5.41) is 0. The van der Waals surface area contributed by atoms with Gasteiger partial charge in [-0.05, 0) is 53.5 Å². The second-order valence-corrected chi connectivity index (χ2v) is 7.16. The van der Waals surface area contributed by atoms with E-state index in [0.29, 0.717) is 0 Å². The van der Waals surface area contributed by atoms with Crippen LogP contribution in [0.15, 0.2) is 42.5 Å². The molecule has 2 aromatic rings. The van der Waals surface area contributed by atoms with Gasteiger partial charge in [0.25, 0.3) is 0 Å². The lowest BCUT2D eigenvalue weighted by Gasteiger charge is -2.27. The van der Waals surface area contributed by atoms with Crippen LogP contribution in [0.25, 0.3) is 11.1 Å². The second-order valence-electron chi connectivity index (χ2n) is 7.16. The van der Waals surface area contributed by atoms with E-state index in [1.807, 2.05) is 12.1 Å². The fourth-order valence-electron chi connectivity index (χ4n) is 3.84. The number of benzene rings is 2. The monoisotopic (exact) mass is 328 g/mol. The van der Waals surface area contributed by atoms with E-state index in [-0.39, 0.29) is 0 Å². The summed E-state index contributed by atoms with van der Waals surface area (Å²) < 4.78 is 26.4. The predicted molar refractivity (Wildman–Crippen MR) is 95.9 cm³/mol. The maximum atomic E-state index is 13.3. The summed E-state index contributed by atoms with van der Waals surface area (Å²) in [6, 6.07) is 12.3. The lowest BCUT2D eigenvalue weighted by molar-refractivity contribution is 0.259. The zero-order valence-corrected chi connectivity index (χ0v) is 14.4. The summed E-state index contributed by atoms with van der Waals surface area (Å²) in [6.07, 6.45) is 9.27. The Hall–Kier alpha value is -1.70.